The van der Waals surface area contributed by atoms with E-state index in [9.17, 15) is 15.0 Å². The van der Waals surface area contributed by atoms with Gasteiger partial charge in [-0.3, -0.25) is 4.79 Å². The van der Waals surface area contributed by atoms with Gasteiger partial charge in [-0.15, -0.1) is 0 Å². The van der Waals surface area contributed by atoms with E-state index in [0.29, 0.717) is 5.56 Å². The summed E-state index contributed by atoms with van der Waals surface area (Å²) in [6, 6.07) is 7.67. The quantitative estimate of drug-likeness (QED) is 0.548. The van der Waals surface area contributed by atoms with Crippen LogP contribution in [0.25, 0.3) is 0 Å². The van der Waals surface area contributed by atoms with E-state index < -0.39 is 37.3 Å². The van der Waals surface area contributed by atoms with Gasteiger partial charge in [0, 0.05) is 12.7 Å². The number of hydrogen-bond acceptors (Lipinski definition) is 6. The lowest BCUT2D eigenvalue weighted by Gasteiger charge is -2.21. The van der Waals surface area contributed by atoms with E-state index in [1.165, 1.54) is 7.11 Å². The lowest BCUT2D eigenvalue weighted by Crippen LogP contribution is -2.49. The zero-order valence-electron chi connectivity index (χ0n) is 11.5. The number of hydrogen-bond donors (Lipinski definition) is 4. The second-order valence-corrected chi connectivity index (χ2v) is 4.81. The average molecular weight is 297 g/mol. The van der Waals surface area contributed by atoms with Gasteiger partial charge >= 0.3 is 0 Å². The Morgan fingerprint density at radius 3 is 2.67 bits per heavy atom. The third-order valence-electron chi connectivity index (χ3n) is 3.42. The number of carbonyl (C=O) groups is 1. The van der Waals surface area contributed by atoms with Crippen LogP contribution in [0.4, 0.5) is 0 Å². The number of carbonyl (C=O) groups excluding carboxylic acids is 1. The molecule has 116 valence electrons. The molecule has 1 amide bonds. The van der Waals surface area contributed by atoms with Crippen LogP contribution < -0.4 is 5.32 Å². The monoisotopic (exact) mass is 297 g/mol. The highest BCUT2D eigenvalue weighted by Crippen LogP contribution is 2.24. The maximum absolute atomic E-state index is 12.1. The molecule has 5 atom stereocenters. The fourth-order valence-corrected chi connectivity index (χ4v) is 2.29. The van der Waals surface area contributed by atoms with E-state index in [2.05, 4.69) is 5.32 Å². The average Bonchev–Trinajstić information content (AvgIpc) is 2.84. The Hall–Kier alpha value is -1.51. The van der Waals surface area contributed by atoms with Crippen molar-refractivity contribution in [3.8, 4) is 0 Å². The van der Waals surface area contributed by atoms with E-state index in [4.69, 9.17) is 14.6 Å². The van der Waals surface area contributed by atoms with Gasteiger partial charge in [-0.1, -0.05) is 18.2 Å². The Kier molecular flexibility index (Phi) is 5.27. The fraction of sp³-hybridized carbons (Fsp3) is 0.500. The number of rotatable bonds is 5. The van der Waals surface area contributed by atoms with Crippen molar-refractivity contribution in [3.63, 3.8) is 0 Å². The standard InChI is InChI=1S/C14H19NO6/c1-20-14-10(11(18)12(21-14)9(17)7-16)15-13(19)8-5-3-2-4-6-8/h2-6,9-12,14,16-18H,7H2,1H3,(H,15,19)/t9-,10-,11-,12-,14-/m0/s1. The molecule has 1 aliphatic rings. The number of aliphatic hydroxyl groups is 3. The van der Waals surface area contributed by atoms with Gasteiger partial charge < -0.3 is 30.1 Å². The molecule has 7 heteroatoms. The first-order chi connectivity index (χ1) is 10.1. The van der Waals surface area contributed by atoms with Crippen LogP contribution in [0.15, 0.2) is 30.3 Å². The van der Waals surface area contributed by atoms with Gasteiger partial charge in [-0.25, -0.2) is 0 Å². The van der Waals surface area contributed by atoms with Crippen molar-refractivity contribution < 1.29 is 29.6 Å². The van der Waals surface area contributed by atoms with Crippen LogP contribution in [-0.4, -0.2) is 65.6 Å². The van der Waals surface area contributed by atoms with Crippen molar-refractivity contribution in [3.05, 3.63) is 35.9 Å². The molecule has 7 nitrogen and oxygen atoms in total. The normalized spacial score (nSPS) is 30.1. The van der Waals surface area contributed by atoms with Crippen molar-refractivity contribution in [2.75, 3.05) is 13.7 Å². The van der Waals surface area contributed by atoms with Gasteiger partial charge in [0.2, 0.25) is 0 Å². The zero-order valence-corrected chi connectivity index (χ0v) is 11.5. The molecule has 1 aliphatic heterocycles. The third-order valence-corrected chi connectivity index (χ3v) is 3.42. The van der Waals surface area contributed by atoms with Crippen molar-refractivity contribution in [1.29, 1.82) is 0 Å². The summed E-state index contributed by atoms with van der Waals surface area (Å²) in [6.45, 7) is -0.558. The lowest BCUT2D eigenvalue weighted by atomic mass is 10.0. The van der Waals surface area contributed by atoms with Gasteiger partial charge in [0.15, 0.2) is 6.29 Å². The molecule has 0 unspecified atom stereocenters. The summed E-state index contributed by atoms with van der Waals surface area (Å²) < 4.78 is 10.4. The summed E-state index contributed by atoms with van der Waals surface area (Å²) in [5.74, 6) is -0.385. The van der Waals surface area contributed by atoms with Crippen LogP contribution in [0.5, 0.6) is 0 Å². The Bertz CT molecular complexity index is 468. The van der Waals surface area contributed by atoms with Crippen LogP contribution in [0, 0.1) is 0 Å². The summed E-state index contributed by atoms with van der Waals surface area (Å²) in [5, 5.41) is 31.3. The van der Waals surface area contributed by atoms with E-state index in [-0.39, 0.29) is 5.91 Å². The molecule has 1 heterocycles. The molecule has 0 bridgehead atoms. The Morgan fingerprint density at radius 1 is 1.43 bits per heavy atom. The van der Waals surface area contributed by atoms with Gasteiger partial charge in [0.05, 0.1) is 6.61 Å². The maximum atomic E-state index is 12.1. The van der Waals surface area contributed by atoms with Gasteiger partial charge in [-0.2, -0.15) is 0 Å². The SMILES string of the molecule is CO[C@H]1O[C@@H]([C@@H](O)CO)[C@@H](O)[C@@H]1NC(=O)c1ccccc1. The molecule has 1 fully saturated rings. The largest absolute Gasteiger partial charge is 0.394 e. The Labute approximate surface area is 122 Å². The van der Waals surface area contributed by atoms with Crippen molar-refractivity contribution in [2.24, 2.45) is 0 Å². The number of methoxy groups -OCH3 is 1. The summed E-state index contributed by atoms with van der Waals surface area (Å²) in [6.07, 6.45) is -4.37. The van der Waals surface area contributed by atoms with Gasteiger partial charge in [0.25, 0.3) is 5.91 Å². The molecule has 21 heavy (non-hydrogen) atoms. The second-order valence-electron chi connectivity index (χ2n) is 4.81. The molecule has 1 aromatic rings. The second kappa shape index (κ2) is 6.97. The third kappa shape index (κ3) is 3.39. The lowest BCUT2D eigenvalue weighted by molar-refractivity contribution is -0.153. The fourth-order valence-electron chi connectivity index (χ4n) is 2.29. The van der Waals surface area contributed by atoms with Crippen LogP contribution in [0.3, 0.4) is 0 Å². The first kappa shape index (κ1) is 15.9. The van der Waals surface area contributed by atoms with E-state index in [0.717, 1.165) is 0 Å². The highest BCUT2D eigenvalue weighted by atomic mass is 16.7. The molecule has 1 aromatic carbocycles. The summed E-state index contributed by atoms with van der Waals surface area (Å²) in [5.41, 5.74) is 0.436. The number of nitrogens with one attached hydrogen (secondary N) is 1. The molecule has 1 saturated heterocycles. The van der Waals surface area contributed by atoms with Crippen LogP contribution in [0.2, 0.25) is 0 Å². The molecule has 2 rings (SSSR count). The highest BCUT2D eigenvalue weighted by Gasteiger charge is 2.47. The van der Waals surface area contributed by atoms with E-state index in [1.807, 2.05) is 0 Å². The van der Waals surface area contributed by atoms with Crippen molar-refractivity contribution >= 4 is 5.91 Å². The van der Waals surface area contributed by atoms with E-state index >= 15 is 0 Å². The van der Waals surface area contributed by atoms with Crippen LogP contribution >= 0.6 is 0 Å². The number of amides is 1. The molecule has 0 aromatic heterocycles. The minimum atomic E-state index is -1.25. The highest BCUT2D eigenvalue weighted by molar-refractivity contribution is 5.94. The maximum Gasteiger partial charge on any atom is 0.251 e. The minimum Gasteiger partial charge on any atom is -0.394 e. The first-order valence-electron chi connectivity index (χ1n) is 6.59. The molecule has 0 saturated carbocycles. The molecule has 0 aliphatic carbocycles. The first-order valence-corrected chi connectivity index (χ1v) is 6.59. The predicted molar refractivity (Wildman–Crippen MR) is 72.5 cm³/mol. The molecule has 0 radical (unpaired) electrons. The topological polar surface area (TPSA) is 108 Å². The Morgan fingerprint density at radius 2 is 2.10 bits per heavy atom. The van der Waals surface area contributed by atoms with Crippen molar-refractivity contribution in [2.45, 2.75) is 30.6 Å². The number of aliphatic hydroxyl groups excluding tert-OH is 3. The van der Waals surface area contributed by atoms with Crippen LogP contribution in [-0.2, 0) is 9.47 Å². The predicted octanol–water partition coefficient (Wildman–Crippen LogP) is -1.13. The summed E-state index contributed by atoms with van der Waals surface area (Å²) >= 11 is 0. The molecular formula is C14H19NO6. The number of benzene rings is 1. The number of ether oxygens (including phenoxy) is 2. The van der Waals surface area contributed by atoms with Gasteiger partial charge in [0.1, 0.15) is 24.4 Å². The minimum absolute atomic E-state index is 0.385. The summed E-state index contributed by atoms with van der Waals surface area (Å²) in [7, 11) is 1.37. The Balaban J connectivity index is 2.09. The molecule has 4 N–H and O–H groups in total. The molecular weight excluding hydrogens is 278 g/mol. The summed E-state index contributed by atoms with van der Waals surface area (Å²) in [4.78, 5) is 12.1. The van der Waals surface area contributed by atoms with Gasteiger partial charge in [-0.05, 0) is 12.1 Å². The zero-order chi connectivity index (χ0) is 15.4. The van der Waals surface area contributed by atoms with E-state index in [1.54, 1.807) is 30.3 Å². The smallest absolute Gasteiger partial charge is 0.251 e. The van der Waals surface area contributed by atoms with Crippen LogP contribution in [0.1, 0.15) is 10.4 Å². The van der Waals surface area contributed by atoms with Crippen molar-refractivity contribution in [1.82, 2.24) is 5.32 Å². The molecule has 0 spiro atoms.